The highest BCUT2D eigenvalue weighted by Crippen LogP contribution is 2.38. The lowest BCUT2D eigenvalue weighted by Gasteiger charge is -2.35. The summed E-state index contributed by atoms with van der Waals surface area (Å²) in [6, 6.07) is 10.3. The lowest BCUT2D eigenvalue weighted by molar-refractivity contribution is -0.132. The molecule has 0 aliphatic heterocycles. The smallest absolute Gasteiger partial charge is 0.225 e. The van der Waals surface area contributed by atoms with E-state index in [1.807, 2.05) is 18.2 Å². The van der Waals surface area contributed by atoms with E-state index in [0.29, 0.717) is 5.92 Å². The Kier molecular flexibility index (Phi) is 5.22. The van der Waals surface area contributed by atoms with Crippen molar-refractivity contribution in [2.24, 2.45) is 11.3 Å². The second-order valence-corrected chi connectivity index (χ2v) is 6.55. The molecule has 0 atom stereocenters. The highest BCUT2D eigenvalue weighted by molar-refractivity contribution is 5.82. The van der Waals surface area contributed by atoms with Crippen LogP contribution >= 0.6 is 0 Å². The van der Waals surface area contributed by atoms with E-state index in [9.17, 15) is 4.79 Å². The number of hydrogen-bond acceptors (Lipinski definition) is 1. The maximum Gasteiger partial charge on any atom is 0.225 e. The average Bonchev–Trinajstić information content (AvgIpc) is 2.49. The zero-order valence-corrected chi connectivity index (χ0v) is 12.8. The third-order valence-corrected chi connectivity index (χ3v) is 4.75. The van der Waals surface area contributed by atoms with E-state index in [1.54, 1.807) is 0 Å². The Morgan fingerprint density at radius 3 is 2.45 bits per heavy atom. The quantitative estimate of drug-likeness (QED) is 0.864. The summed E-state index contributed by atoms with van der Waals surface area (Å²) in [6.45, 7) is 4.96. The molecule has 0 spiro atoms. The van der Waals surface area contributed by atoms with Crippen LogP contribution in [0.5, 0.6) is 0 Å². The Bertz CT molecular complexity index is 418. The van der Waals surface area contributed by atoms with Crippen molar-refractivity contribution in [1.82, 2.24) is 5.32 Å². The van der Waals surface area contributed by atoms with Gasteiger partial charge in [-0.15, -0.1) is 0 Å². The van der Waals surface area contributed by atoms with E-state index in [2.05, 4.69) is 31.3 Å². The van der Waals surface area contributed by atoms with Crippen LogP contribution in [0.2, 0.25) is 0 Å². The van der Waals surface area contributed by atoms with Crippen LogP contribution in [-0.2, 0) is 11.2 Å². The Hall–Kier alpha value is -1.31. The second kappa shape index (κ2) is 6.92. The van der Waals surface area contributed by atoms with Gasteiger partial charge in [0.05, 0.1) is 0 Å². The predicted octanol–water partition coefficient (Wildman–Crippen LogP) is 3.95. The number of rotatable bonds is 5. The van der Waals surface area contributed by atoms with Crippen LogP contribution in [0.1, 0.15) is 51.5 Å². The molecule has 0 heterocycles. The third kappa shape index (κ3) is 3.84. The monoisotopic (exact) mass is 273 g/mol. The second-order valence-electron chi connectivity index (χ2n) is 6.55. The minimum atomic E-state index is -0.225. The molecule has 0 radical (unpaired) electrons. The Balaban J connectivity index is 1.81. The van der Waals surface area contributed by atoms with Gasteiger partial charge in [-0.2, -0.15) is 0 Å². The topological polar surface area (TPSA) is 29.1 Å². The van der Waals surface area contributed by atoms with Gasteiger partial charge in [-0.25, -0.2) is 0 Å². The zero-order chi connectivity index (χ0) is 14.4. The SMILES string of the molecule is CC(C)(C(=O)NCCc1ccccc1)C1CCCCC1. The molecular formula is C18H27NO. The summed E-state index contributed by atoms with van der Waals surface area (Å²) in [5.74, 6) is 0.772. The molecule has 1 aliphatic carbocycles. The van der Waals surface area contributed by atoms with Gasteiger partial charge >= 0.3 is 0 Å². The highest BCUT2D eigenvalue weighted by atomic mass is 16.2. The van der Waals surface area contributed by atoms with Crippen molar-refractivity contribution in [3.8, 4) is 0 Å². The van der Waals surface area contributed by atoms with Gasteiger partial charge in [0.1, 0.15) is 0 Å². The first kappa shape index (κ1) is 15.1. The molecular weight excluding hydrogens is 246 g/mol. The summed E-state index contributed by atoms with van der Waals surface area (Å²) in [5, 5.41) is 3.13. The minimum Gasteiger partial charge on any atom is -0.355 e. The fourth-order valence-electron chi connectivity index (χ4n) is 3.20. The summed E-state index contributed by atoms with van der Waals surface area (Å²) in [7, 11) is 0. The van der Waals surface area contributed by atoms with E-state index < -0.39 is 0 Å². The molecule has 1 aliphatic rings. The molecule has 110 valence electrons. The molecule has 1 fully saturated rings. The standard InChI is InChI=1S/C18H27NO/c1-18(2,16-11-7-4-8-12-16)17(20)19-14-13-15-9-5-3-6-10-15/h3,5-6,9-10,16H,4,7-8,11-14H2,1-2H3,(H,19,20). The summed E-state index contributed by atoms with van der Waals surface area (Å²) in [6.07, 6.45) is 7.23. The van der Waals surface area contributed by atoms with Gasteiger partial charge in [-0.3, -0.25) is 4.79 Å². The van der Waals surface area contributed by atoms with Crippen LogP contribution in [0, 0.1) is 11.3 Å². The molecule has 1 amide bonds. The molecule has 20 heavy (non-hydrogen) atoms. The highest BCUT2D eigenvalue weighted by Gasteiger charge is 2.36. The first-order valence-electron chi connectivity index (χ1n) is 7.93. The first-order chi connectivity index (χ1) is 9.60. The Morgan fingerprint density at radius 2 is 1.80 bits per heavy atom. The molecule has 2 rings (SSSR count). The van der Waals surface area contributed by atoms with Crippen molar-refractivity contribution in [3.05, 3.63) is 35.9 Å². The maximum absolute atomic E-state index is 12.4. The molecule has 1 saturated carbocycles. The van der Waals surface area contributed by atoms with Gasteiger partial charge in [0.2, 0.25) is 5.91 Å². The van der Waals surface area contributed by atoms with E-state index in [0.717, 1.165) is 13.0 Å². The van der Waals surface area contributed by atoms with Crippen LogP contribution in [0.15, 0.2) is 30.3 Å². The Labute approximate surface area is 123 Å². The number of benzene rings is 1. The summed E-state index contributed by atoms with van der Waals surface area (Å²) in [4.78, 5) is 12.4. The van der Waals surface area contributed by atoms with E-state index in [-0.39, 0.29) is 11.3 Å². The number of amides is 1. The lowest BCUT2D eigenvalue weighted by Crippen LogP contribution is -2.43. The fourth-order valence-corrected chi connectivity index (χ4v) is 3.20. The first-order valence-corrected chi connectivity index (χ1v) is 7.93. The fraction of sp³-hybridized carbons (Fsp3) is 0.611. The maximum atomic E-state index is 12.4. The van der Waals surface area contributed by atoms with Gasteiger partial charge in [-0.05, 0) is 30.7 Å². The molecule has 1 aromatic rings. The number of carbonyl (C=O) groups excluding carboxylic acids is 1. The normalized spacial score (nSPS) is 16.9. The largest absolute Gasteiger partial charge is 0.355 e. The molecule has 2 nitrogen and oxygen atoms in total. The predicted molar refractivity (Wildman–Crippen MR) is 83.5 cm³/mol. The average molecular weight is 273 g/mol. The molecule has 0 bridgehead atoms. The van der Waals surface area contributed by atoms with Crippen molar-refractivity contribution in [2.45, 2.75) is 52.4 Å². The number of hydrogen-bond donors (Lipinski definition) is 1. The van der Waals surface area contributed by atoms with Crippen molar-refractivity contribution in [1.29, 1.82) is 0 Å². The van der Waals surface area contributed by atoms with Crippen LogP contribution in [-0.4, -0.2) is 12.5 Å². The van der Waals surface area contributed by atoms with Gasteiger partial charge in [-0.1, -0.05) is 63.4 Å². The van der Waals surface area contributed by atoms with Gasteiger partial charge in [0.15, 0.2) is 0 Å². The summed E-state index contributed by atoms with van der Waals surface area (Å²) < 4.78 is 0. The van der Waals surface area contributed by atoms with Crippen molar-refractivity contribution < 1.29 is 4.79 Å². The van der Waals surface area contributed by atoms with E-state index in [1.165, 1.54) is 37.7 Å². The summed E-state index contributed by atoms with van der Waals surface area (Å²) in [5.41, 5.74) is 1.06. The molecule has 2 heteroatoms. The van der Waals surface area contributed by atoms with Gasteiger partial charge in [0, 0.05) is 12.0 Å². The molecule has 0 saturated heterocycles. The van der Waals surface area contributed by atoms with Gasteiger partial charge in [0.25, 0.3) is 0 Å². The number of carbonyl (C=O) groups is 1. The van der Waals surface area contributed by atoms with Crippen LogP contribution < -0.4 is 5.32 Å². The lowest BCUT2D eigenvalue weighted by atomic mass is 9.70. The van der Waals surface area contributed by atoms with Crippen molar-refractivity contribution >= 4 is 5.91 Å². The molecule has 0 unspecified atom stereocenters. The van der Waals surface area contributed by atoms with Crippen molar-refractivity contribution in [2.75, 3.05) is 6.54 Å². The minimum absolute atomic E-state index is 0.223. The molecule has 0 aromatic heterocycles. The zero-order valence-electron chi connectivity index (χ0n) is 12.8. The summed E-state index contributed by atoms with van der Waals surface area (Å²) >= 11 is 0. The van der Waals surface area contributed by atoms with Crippen molar-refractivity contribution in [3.63, 3.8) is 0 Å². The molecule has 1 N–H and O–H groups in total. The van der Waals surface area contributed by atoms with Crippen LogP contribution in [0.3, 0.4) is 0 Å². The third-order valence-electron chi connectivity index (χ3n) is 4.75. The Morgan fingerprint density at radius 1 is 1.15 bits per heavy atom. The van der Waals surface area contributed by atoms with Crippen LogP contribution in [0.25, 0.3) is 0 Å². The van der Waals surface area contributed by atoms with E-state index in [4.69, 9.17) is 0 Å². The molecule has 1 aromatic carbocycles. The van der Waals surface area contributed by atoms with Gasteiger partial charge < -0.3 is 5.32 Å². The number of nitrogens with one attached hydrogen (secondary N) is 1. The van der Waals surface area contributed by atoms with E-state index >= 15 is 0 Å². The van der Waals surface area contributed by atoms with Crippen LogP contribution in [0.4, 0.5) is 0 Å².